The molecule has 2 heteroatoms. The lowest BCUT2D eigenvalue weighted by Gasteiger charge is -2.10. The molecule has 1 heterocycles. The van der Waals surface area contributed by atoms with E-state index in [1.807, 2.05) is 13.8 Å². The molecule has 1 N–H and O–H groups in total. The van der Waals surface area contributed by atoms with Crippen LogP contribution in [0, 0.1) is 17.8 Å². The van der Waals surface area contributed by atoms with Crippen LogP contribution in [-0.4, -0.2) is 12.5 Å². The van der Waals surface area contributed by atoms with Crippen molar-refractivity contribution in [2.24, 2.45) is 17.8 Å². The second kappa shape index (κ2) is 6.92. The zero-order valence-corrected chi connectivity index (χ0v) is 13.0. The first-order chi connectivity index (χ1) is 9.76. The molecule has 0 radical (unpaired) electrons. The van der Waals surface area contributed by atoms with Crippen LogP contribution in [0.15, 0.2) is 35.5 Å². The molecule has 20 heavy (non-hydrogen) atoms. The Hall–Kier alpha value is -1.31. The topological polar surface area (TPSA) is 29.1 Å². The highest BCUT2D eigenvalue weighted by molar-refractivity contribution is 5.94. The van der Waals surface area contributed by atoms with Gasteiger partial charge in [0.1, 0.15) is 0 Å². The molecule has 1 saturated carbocycles. The molecule has 1 fully saturated rings. The zero-order valence-electron chi connectivity index (χ0n) is 13.0. The van der Waals surface area contributed by atoms with Gasteiger partial charge < -0.3 is 5.32 Å². The van der Waals surface area contributed by atoms with E-state index in [9.17, 15) is 4.79 Å². The minimum absolute atomic E-state index is 0.137. The van der Waals surface area contributed by atoms with Crippen molar-refractivity contribution in [2.45, 2.75) is 46.5 Å². The maximum atomic E-state index is 12.0. The third-order valence-electron chi connectivity index (χ3n) is 4.32. The second-order valence-electron chi connectivity index (χ2n) is 5.75. The van der Waals surface area contributed by atoms with E-state index in [4.69, 9.17) is 0 Å². The summed E-state index contributed by atoms with van der Waals surface area (Å²) >= 11 is 0. The van der Waals surface area contributed by atoms with Crippen LogP contribution in [0.4, 0.5) is 0 Å². The largest absolute Gasteiger partial charge is 0.352 e. The number of hydrogen-bond donors (Lipinski definition) is 1. The number of hydrogen-bond acceptors (Lipinski definition) is 1. The Morgan fingerprint density at radius 1 is 1.25 bits per heavy atom. The Morgan fingerprint density at radius 2 is 2.05 bits per heavy atom. The van der Waals surface area contributed by atoms with Gasteiger partial charge in [-0.15, -0.1) is 0 Å². The second-order valence-corrected chi connectivity index (χ2v) is 5.75. The summed E-state index contributed by atoms with van der Waals surface area (Å²) in [6.45, 7) is 7.01. The lowest BCUT2D eigenvalue weighted by Crippen LogP contribution is -2.24. The average molecular weight is 273 g/mol. The molecule has 2 nitrogen and oxygen atoms in total. The van der Waals surface area contributed by atoms with Crippen molar-refractivity contribution in [1.29, 1.82) is 0 Å². The molecule has 1 aliphatic heterocycles. The summed E-state index contributed by atoms with van der Waals surface area (Å²) in [7, 11) is 0. The maximum absolute atomic E-state index is 12.0. The zero-order chi connectivity index (χ0) is 14.5. The highest BCUT2D eigenvalue weighted by atomic mass is 16.1. The third-order valence-corrected chi connectivity index (χ3v) is 4.32. The molecule has 0 aromatic rings. The first kappa shape index (κ1) is 15.1. The monoisotopic (exact) mass is 273 g/mol. The van der Waals surface area contributed by atoms with E-state index >= 15 is 0 Å². The number of rotatable bonds is 3. The summed E-state index contributed by atoms with van der Waals surface area (Å²) in [4.78, 5) is 12.0. The third kappa shape index (κ3) is 3.62. The van der Waals surface area contributed by atoms with Crippen LogP contribution in [0.5, 0.6) is 0 Å². The Morgan fingerprint density at radius 3 is 2.75 bits per heavy atom. The van der Waals surface area contributed by atoms with Crippen molar-refractivity contribution in [3.05, 3.63) is 35.5 Å². The molecule has 3 rings (SSSR count). The highest BCUT2D eigenvalue weighted by Crippen LogP contribution is 2.45. The number of nitrogens with one attached hydrogen (secondary N) is 1. The fourth-order valence-electron chi connectivity index (χ4n) is 2.95. The van der Waals surface area contributed by atoms with Gasteiger partial charge in [0, 0.05) is 18.5 Å². The van der Waals surface area contributed by atoms with Gasteiger partial charge in [0.05, 0.1) is 0 Å². The smallest absolute Gasteiger partial charge is 0.247 e. The van der Waals surface area contributed by atoms with Gasteiger partial charge in [-0.1, -0.05) is 45.1 Å². The molecule has 0 spiro atoms. The van der Waals surface area contributed by atoms with Crippen molar-refractivity contribution >= 4 is 5.91 Å². The number of carbonyl (C=O) groups excluding carboxylic acids is 1. The summed E-state index contributed by atoms with van der Waals surface area (Å²) in [6.07, 6.45) is 13.4. The van der Waals surface area contributed by atoms with E-state index in [1.54, 1.807) is 0 Å². The van der Waals surface area contributed by atoms with Crippen molar-refractivity contribution in [3.63, 3.8) is 0 Å². The molecule has 110 valence electrons. The number of allylic oxidation sites excluding steroid dienone is 5. The van der Waals surface area contributed by atoms with Gasteiger partial charge in [0.15, 0.2) is 0 Å². The molecule has 2 aliphatic carbocycles. The van der Waals surface area contributed by atoms with E-state index < -0.39 is 0 Å². The lowest BCUT2D eigenvalue weighted by molar-refractivity contribution is -0.117. The number of carbonyl (C=O) groups is 1. The lowest BCUT2D eigenvalue weighted by atomic mass is 9.95. The molecular formula is C18H27NO. The quantitative estimate of drug-likeness (QED) is 0.827. The highest BCUT2D eigenvalue weighted by Gasteiger charge is 2.35. The van der Waals surface area contributed by atoms with Crippen LogP contribution >= 0.6 is 0 Å². The van der Waals surface area contributed by atoms with Crippen molar-refractivity contribution in [3.8, 4) is 0 Å². The van der Waals surface area contributed by atoms with Crippen LogP contribution < -0.4 is 5.32 Å². The summed E-state index contributed by atoms with van der Waals surface area (Å²) in [5.41, 5.74) is 2.29. The Kier molecular flexibility index (Phi) is 5.22. The van der Waals surface area contributed by atoms with Crippen molar-refractivity contribution in [2.75, 3.05) is 6.54 Å². The molecule has 3 atom stereocenters. The predicted octanol–water partition coefficient (Wildman–Crippen LogP) is 4.01. The molecule has 0 saturated heterocycles. The molecule has 1 amide bonds. The summed E-state index contributed by atoms with van der Waals surface area (Å²) in [5.74, 6) is 2.26. The molecular weight excluding hydrogens is 246 g/mol. The van der Waals surface area contributed by atoms with Gasteiger partial charge >= 0.3 is 0 Å². The minimum Gasteiger partial charge on any atom is -0.352 e. The predicted molar refractivity (Wildman–Crippen MR) is 84.3 cm³/mol. The molecule has 3 unspecified atom stereocenters. The fraction of sp³-hybridized carbons (Fsp3) is 0.611. The van der Waals surface area contributed by atoms with Gasteiger partial charge in [-0.05, 0) is 42.6 Å². The van der Waals surface area contributed by atoms with Crippen LogP contribution in [0.3, 0.4) is 0 Å². The molecule has 0 aromatic heterocycles. The van der Waals surface area contributed by atoms with E-state index in [-0.39, 0.29) is 5.91 Å². The standard InChI is InChI=1S/C16H21NO.C2H6/c1-2-11-5-6-17-16(18)15(7-11)9-12-3-4-13-10-14(13)8-12;1-2/h3-4,7-8,11,13-14H,2,5-6,9-10H2,1H3,(H,17,18);1-2H3. The molecule has 0 aromatic carbocycles. The van der Waals surface area contributed by atoms with Crippen LogP contribution in [0.1, 0.15) is 46.5 Å². The first-order valence-electron chi connectivity index (χ1n) is 8.14. The van der Waals surface area contributed by atoms with Gasteiger partial charge in [-0.25, -0.2) is 0 Å². The van der Waals surface area contributed by atoms with Gasteiger partial charge in [-0.3, -0.25) is 4.79 Å². The fourth-order valence-corrected chi connectivity index (χ4v) is 2.95. The number of fused-ring (bicyclic) bond motifs is 1. The van der Waals surface area contributed by atoms with E-state index in [0.29, 0.717) is 5.92 Å². The Bertz CT molecular complexity index is 444. The van der Waals surface area contributed by atoms with E-state index in [2.05, 4.69) is 36.5 Å². The van der Waals surface area contributed by atoms with Crippen molar-refractivity contribution < 1.29 is 4.79 Å². The number of amides is 1. The van der Waals surface area contributed by atoms with E-state index in [1.165, 1.54) is 12.0 Å². The summed E-state index contributed by atoms with van der Waals surface area (Å²) < 4.78 is 0. The Balaban J connectivity index is 0.000000704. The van der Waals surface area contributed by atoms with Gasteiger partial charge in [0.25, 0.3) is 0 Å². The molecule has 3 aliphatic rings. The maximum Gasteiger partial charge on any atom is 0.247 e. The van der Waals surface area contributed by atoms with Gasteiger partial charge in [-0.2, -0.15) is 0 Å². The summed E-state index contributed by atoms with van der Waals surface area (Å²) in [5, 5.41) is 3.01. The van der Waals surface area contributed by atoms with Crippen LogP contribution in [0.25, 0.3) is 0 Å². The average Bonchev–Trinajstić information content (AvgIpc) is 3.26. The normalized spacial score (nSPS) is 30.9. The SMILES string of the molecule is CC.CCC1C=C(CC2=CC3CC3C=C2)C(=O)NCC1. The van der Waals surface area contributed by atoms with Crippen molar-refractivity contribution in [1.82, 2.24) is 5.32 Å². The Labute approximate surface area is 123 Å². The minimum atomic E-state index is 0.137. The van der Waals surface area contributed by atoms with Crippen LogP contribution in [-0.2, 0) is 4.79 Å². The summed E-state index contributed by atoms with van der Waals surface area (Å²) in [6, 6.07) is 0. The molecule has 0 bridgehead atoms. The van der Waals surface area contributed by atoms with E-state index in [0.717, 1.165) is 43.2 Å². The van der Waals surface area contributed by atoms with Crippen LogP contribution in [0.2, 0.25) is 0 Å². The van der Waals surface area contributed by atoms with Gasteiger partial charge in [0.2, 0.25) is 5.91 Å². The first-order valence-corrected chi connectivity index (χ1v) is 8.14.